The van der Waals surface area contributed by atoms with Crippen molar-refractivity contribution in [2.75, 3.05) is 0 Å². The molecule has 0 atom stereocenters. The number of benzene rings is 3. The van der Waals surface area contributed by atoms with Gasteiger partial charge in [0.1, 0.15) is 17.4 Å². The number of aromatic nitrogens is 4. The lowest BCUT2D eigenvalue weighted by molar-refractivity contribution is 0.0735. The van der Waals surface area contributed by atoms with E-state index in [2.05, 4.69) is 0 Å². The molecule has 0 N–H and O–H groups in total. The Labute approximate surface area is 212 Å². The number of esters is 1. The first-order valence-corrected chi connectivity index (χ1v) is 11.7. The molecule has 37 heavy (non-hydrogen) atoms. The summed E-state index contributed by atoms with van der Waals surface area (Å²) in [6.45, 7) is 1.93. The lowest BCUT2D eigenvalue weighted by Crippen LogP contribution is -2.07. The Morgan fingerprint density at radius 1 is 0.838 bits per heavy atom. The SMILES string of the molecule is Cc1nn2c(-c3ccc(F)cc3)cc(-n3cccc3)nc2c1-c1ccc(OC(=O)c2ccccc2)cc1. The number of aryl methyl sites for hydroxylation is 1. The molecule has 0 aliphatic rings. The quantitative estimate of drug-likeness (QED) is 0.205. The number of ether oxygens (including phenoxy) is 1. The minimum Gasteiger partial charge on any atom is -0.423 e. The van der Waals surface area contributed by atoms with E-state index in [0.29, 0.717) is 22.8 Å². The fraction of sp³-hybridized carbons (Fsp3) is 0.0333. The molecule has 0 unspecified atom stereocenters. The van der Waals surface area contributed by atoms with Crippen LogP contribution in [0.4, 0.5) is 4.39 Å². The summed E-state index contributed by atoms with van der Waals surface area (Å²) in [6.07, 6.45) is 3.85. The van der Waals surface area contributed by atoms with Crippen LogP contribution in [0.5, 0.6) is 5.75 Å². The predicted molar refractivity (Wildman–Crippen MR) is 139 cm³/mol. The molecule has 6 nitrogen and oxygen atoms in total. The van der Waals surface area contributed by atoms with Gasteiger partial charge in [-0.25, -0.2) is 18.7 Å². The Hall–Kier alpha value is -5.04. The van der Waals surface area contributed by atoms with Crippen LogP contribution in [0.2, 0.25) is 0 Å². The van der Waals surface area contributed by atoms with Crippen molar-refractivity contribution in [1.82, 2.24) is 19.2 Å². The first-order chi connectivity index (χ1) is 18.1. The molecule has 3 heterocycles. The van der Waals surface area contributed by atoms with E-state index in [0.717, 1.165) is 28.1 Å². The van der Waals surface area contributed by atoms with Gasteiger partial charge in [-0.1, -0.05) is 30.3 Å². The Bertz CT molecular complexity index is 1710. The molecule has 0 radical (unpaired) electrons. The topological polar surface area (TPSA) is 61.4 Å². The lowest BCUT2D eigenvalue weighted by Gasteiger charge is -2.10. The third-order valence-electron chi connectivity index (χ3n) is 6.12. The van der Waals surface area contributed by atoms with Crippen LogP contribution in [-0.4, -0.2) is 25.1 Å². The van der Waals surface area contributed by atoms with E-state index < -0.39 is 5.97 Å². The van der Waals surface area contributed by atoms with Gasteiger partial charge < -0.3 is 9.30 Å². The van der Waals surface area contributed by atoms with Gasteiger partial charge in [0.2, 0.25) is 0 Å². The van der Waals surface area contributed by atoms with Crippen molar-refractivity contribution in [3.8, 4) is 34.0 Å². The number of carbonyl (C=O) groups excluding carboxylic acids is 1. The number of nitrogens with zero attached hydrogens (tertiary/aromatic N) is 4. The van der Waals surface area contributed by atoms with Crippen LogP contribution in [0, 0.1) is 12.7 Å². The van der Waals surface area contributed by atoms with Crippen molar-refractivity contribution in [2.24, 2.45) is 0 Å². The van der Waals surface area contributed by atoms with Gasteiger partial charge in [0.05, 0.1) is 17.0 Å². The van der Waals surface area contributed by atoms with Gasteiger partial charge in [0.15, 0.2) is 5.65 Å². The van der Waals surface area contributed by atoms with E-state index in [1.807, 2.05) is 60.3 Å². The smallest absolute Gasteiger partial charge is 0.343 e. The standard InChI is InChI=1S/C30H21FN4O2/c1-20-28(22-11-15-25(16-12-22)37-30(36)23-7-3-2-4-8-23)29-32-27(34-17-5-6-18-34)19-26(35(29)33-20)21-9-13-24(31)14-10-21/h2-19H,1H3. The number of halogens is 1. The summed E-state index contributed by atoms with van der Waals surface area (Å²) in [7, 11) is 0. The largest absolute Gasteiger partial charge is 0.423 e. The Balaban J connectivity index is 1.44. The highest BCUT2D eigenvalue weighted by Gasteiger charge is 2.19. The Kier molecular flexibility index (Phi) is 5.58. The van der Waals surface area contributed by atoms with Crippen molar-refractivity contribution in [2.45, 2.75) is 6.92 Å². The summed E-state index contributed by atoms with van der Waals surface area (Å²) in [5, 5.41) is 4.79. The highest BCUT2D eigenvalue weighted by atomic mass is 19.1. The van der Waals surface area contributed by atoms with Gasteiger partial charge in [0, 0.05) is 29.6 Å². The van der Waals surface area contributed by atoms with Gasteiger partial charge in [0.25, 0.3) is 0 Å². The van der Waals surface area contributed by atoms with Crippen molar-refractivity contribution in [1.29, 1.82) is 0 Å². The number of hydrogen-bond acceptors (Lipinski definition) is 4. The van der Waals surface area contributed by atoms with Gasteiger partial charge in [-0.3, -0.25) is 0 Å². The molecular formula is C30H21FN4O2. The summed E-state index contributed by atoms with van der Waals surface area (Å²) in [4.78, 5) is 17.4. The van der Waals surface area contributed by atoms with E-state index in [1.165, 1.54) is 12.1 Å². The van der Waals surface area contributed by atoms with Crippen LogP contribution in [0.15, 0.2) is 109 Å². The maximum absolute atomic E-state index is 13.6. The van der Waals surface area contributed by atoms with Crippen LogP contribution in [0.1, 0.15) is 16.1 Å². The molecule has 7 heteroatoms. The molecule has 0 bridgehead atoms. The third-order valence-corrected chi connectivity index (χ3v) is 6.12. The van der Waals surface area contributed by atoms with Crippen molar-refractivity contribution in [3.05, 3.63) is 127 Å². The average Bonchev–Trinajstić information content (AvgIpc) is 3.57. The second-order valence-electron chi connectivity index (χ2n) is 8.57. The number of hydrogen-bond donors (Lipinski definition) is 0. The zero-order valence-corrected chi connectivity index (χ0v) is 19.9. The molecule has 6 aromatic rings. The second-order valence-corrected chi connectivity index (χ2v) is 8.57. The number of fused-ring (bicyclic) bond motifs is 1. The van der Waals surface area contributed by atoms with Crippen LogP contribution in [0.3, 0.4) is 0 Å². The zero-order chi connectivity index (χ0) is 25.4. The van der Waals surface area contributed by atoms with Gasteiger partial charge in [-0.05, 0) is 73.2 Å². The second kappa shape index (κ2) is 9.20. The normalized spacial score (nSPS) is 11.1. The molecule has 0 fully saturated rings. The zero-order valence-electron chi connectivity index (χ0n) is 19.9. The average molecular weight is 489 g/mol. The van der Waals surface area contributed by atoms with Crippen LogP contribution >= 0.6 is 0 Å². The van der Waals surface area contributed by atoms with Gasteiger partial charge in [-0.2, -0.15) is 5.10 Å². The maximum atomic E-state index is 13.6. The summed E-state index contributed by atoms with van der Waals surface area (Å²) in [5.74, 6) is 0.443. The highest BCUT2D eigenvalue weighted by Crippen LogP contribution is 2.32. The van der Waals surface area contributed by atoms with E-state index in [-0.39, 0.29) is 5.82 Å². The minimum atomic E-state index is -0.414. The van der Waals surface area contributed by atoms with Gasteiger partial charge in [-0.15, -0.1) is 0 Å². The molecule has 0 saturated heterocycles. The molecule has 3 aromatic heterocycles. The molecule has 180 valence electrons. The first-order valence-electron chi connectivity index (χ1n) is 11.7. The molecule has 0 aliphatic carbocycles. The first kappa shape index (κ1) is 22.4. The molecule has 0 amide bonds. The van der Waals surface area contributed by atoms with E-state index >= 15 is 0 Å². The summed E-state index contributed by atoms with van der Waals surface area (Å²) >= 11 is 0. The lowest BCUT2D eigenvalue weighted by atomic mass is 10.1. The predicted octanol–water partition coefficient (Wildman–Crippen LogP) is 6.52. The van der Waals surface area contributed by atoms with Crippen LogP contribution in [-0.2, 0) is 0 Å². The van der Waals surface area contributed by atoms with Crippen LogP contribution < -0.4 is 4.74 Å². The van der Waals surface area contributed by atoms with Crippen molar-refractivity contribution < 1.29 is 13.9 Å². The van der Waals surface area contributed by atoms with E-state index in [9.17, 15) is 9.18 Å². The van der Waals surface area contributed by atoms with E-state index in [4.69, 9.17) is 14.8 Å². The molecule has 3 aromatic carbocycles. The van der Waals surface area contributed by atoms with Gasteiger partial charge >= 0.3 is 5.97 Å². The molecular weight excluding hydrogens is 467 g/mol. The monoisotopic (exact) mass is 488 g/mol. The Morgan fingerprint density at radius 3 is 2.22 bits per heavy atom. The summed E-state index contributed by atoms with van der Waals surface area (Å²) in [5.41, 5.74) is 5.29. The Morgan fingerprint density at radius 2 is 1.51 bits per heavy atom. The number of carbonyl (C=O) groups is 1. The highest BCUT2D eigenvalue weighted by molar-refractivity contribution is 5.91. The van der Waals surface area contributed by atoms with Crippen molar-refractivity contribution in [3.63, 3.8) is 0 Å². The van der Waals surface area contributed by atoms with Crippen molar-refractivity contribution >= 4 is 11.6 Å². The number of rotatable bonds is 5. The molecule has 0 spiro atoms. The maximum Gasteiger partial charge on any atom is 0.343 e. The fourth-order valence-corrected chi connectivity index (χ4v) is 4.32. The van der Waals surface area contributed by atoms with E-state index in [1.54, 1.807) is 53.0 Å². The minimum absolute atomic E-state index is 0.301. The molecule has 0 saturated carbocycles. The molecule has 0 aliphatic heterocycles. The third kappa shape index (κ3) is 4.27. The van der Waals surface area contributed by atoms with Crippen LogP contribution in [0.25, 0.3) is 33.8 Å². The summed E-state index contributed by atoms with van der Waals surface area (Å²) < 4.78 is 22.9. The molecule has 6 rings (SSSR count). The summed E-state index contributed by atoms with van der Waals surface area (Å²) in [6, 6.07) is 28.3. The fourth-order valence-electron chi connectivity index (χ4n) is 4.32.